The Kier molecular flexibility index (Phi) is 6.17. The molecule has 0 saturated heterocycles. The van der Waals surface area contributed by atoms with Gasteiger partial charge in [0.15, 0.2) is 22.7 Å². The number of rotatable bonds is 6. The predicted octanol–water partition coefficient (Wildman–Crippen LogP) is 3.94. The molecule has 26 heavy (non-hydrogen) atoms. The first-order valence-corrected chi connectivity index (χ1v) is 9.19. The molecule has 5 nitrogen and oxygen atoms in total. The van der Waals surface area contributed by atoms with E-state index in [4.69, 9.17) is 26.4 Å². The van der Waals surface area contributed by atoms with Crippen molar-refractivity contribution in [3.8, 4) is 17.2 Å². The van der Waals surface area contributed by atoms with E-state index in [9.17, 15) is 0 Å². The lowest BCUT2D eigenvalue weighted by molar-refractivity contribution is 0.0746. The number of para-hydroxylation sites is 2. The lowest BCUT2D eigenvalue weighted by Crippen LogP contribution is -2.45. The highest BCUT2D eigenvalue weighted by Gasteiger charge is 2.24. The molecule has 1 heterocycles. The van der Waals surface area contributed by atoms with Crippen molar-refractivity contribution in [1.82, 2.24) is 4.90 Å². The fraction of sp³-hybridized carbons (Fsp3) is 0.350. The van der Waals surface area contributed by atoms with Gasteiger partial charge in [0.2, 0.25) is 0 Å². The minimum atomic E-state index is -0.0629. The van der Waals surface area contributed by atoms with Crippen LogP contribution in [0.4, 0.5) is 5.69 Å². The van der Waals surface area contributed by atoms with Gasteiger partial charge in [-0.25, -0.2) is 0 Å². The van der Waals surface area contributed by atoms with Gasteiger partial charge in [-0.1, -0.05) is 19.1 Å². The molecule has 0 saturated carbocycles. The van der Waals surface area contributed by atoms with Crippen LogP contribution in [0.25, 0.3) is 0 Å². The van der Waals surface area contributed by atoms with E-state index in [1.54, 1.807) is 7.11 Å². The largest absolute Gasteiger partial charge is 0.497 e. The van der Waals surface area contributed by atoms with Gasteiger partial charge >= 0.3 is 0 Å². The molecule has 2 aromatic rings. The maximum Gasteiger partial charge on any atom is 0.173 e. The molecule has 0 bridgehead atoms. The fourth-order valence-corrected chi connectivity index (χ4v) is 3.11. The highest BCUT2D eigenvalue weighted by Crippen LogP contribution is 2.31. The van der Waals surface area contributed by atoms with Gasteiger partial charge in [0.1, 0.15) is 12.4 Å². The quantitative estimate of drug-likeness (QED) is 0.775. The Morgan fingerprint density at radius 2 is 1.92 bits per heavy atom. The second-order valence-corrected chi connectivity index (χ2v) is 6.49. The zero-order valence-corrected chi connectivity index (χ0v) is 15.9. The highest BCUT2D eigenvalue weighted by molar-refractivity contribution is 7.80. The summed E-state index contributed by atoms with van der Waals surface area (Å²) in [6.45, 7) is 4.17. The van der Waals surface area contributed by atoms with E-state index in [1.807, 2.05) is 48.5 Å². The zero-order valence-electron chi connectivity index (χ0n) is 15.1. The second-order valence-electron chi connectivity index (χ2n) is 6.10. The van der Waals surface area contributed by atoms with Gasteiger partial charge in [0.05, 0.1) is 13.7 Å². The normalized spacial score (nSPS) is 15.2. The van der Waals surface area contributed by atoms with Gasteiger partial charge in [-0.2, -0.15) is 0 Å². The molecule has 0 aromatic heterocycles. The Bertz CT molecular complexity index is 736. The van der Waals surface area contributed by atoms with Crippen molar-refractivity contribution in [2.75, 3.05) is 32.1 Å². The molecule has 1 atom stereocenters. The molecule has 0 amide bonds. The van der Waals surface area contributed by atoms with Crippen molar-refractivity contribution in [3.63, 3.8) is 0 Å². The third-order valence-electron chi connectivity index (χ3n) is 4.11. The van der Waals surface area contributed by atoms with Crippen LogP contribution < -0.4 is 19.5 Å². The van der Waals surface area contributed by atoms with Crippen LogP contribution in [0.15, 0.2) is 48.5 Å². The third kappa shape index (κ3) is 4.58. The number of methoxy groups -OCH3 is 1. The Morgan fingerprint density at radius 1 is 1.19 bits per heavy atom. The summed E-state index contributed by atoms with van der Waals surface area (Å²) in [5.74, 6) is 2.40. The molecular formula is C20H24N2O3S. The molecule has 0 fully saturated rings. The van der Waals surface area contributed by atoms with Crippen LogP contribution in [0.3, 0.4) is 0 Å². The summed E-state index contributed by atoms with van der Waals surface area (Å²) >= 11 is 5.62. The van der Waals surface area contributed by atoms with E-state index in [0.29, 0.717) is 18.3 Å². The number of hydrogen-bond donors (Lipinski definition) is 1. The topological polar surface area (TPSA) is 43.0 Å². The molecule has 0 aliphatic carbocycles. The first-order valence-electron chi connectivity index (χ1n) is 8.78. The first-order chi connectivity index (χ1) is 12.7. The van der Waals surface area contributed by atoms with Crippen LogP contribution in [-0.2, 0) is 0 Å². The molecule has 1 aliphatic heterocycles. The maximum atomic E-state index is 6.07. The molecule has 0 unspecified atom stereocenters. The number of thiocarbonyl (C=S) groups is 1. The number of nitrogens with one attached hydrogen (secondary N) is 1. The number of fused-ring (bicyclic) bond motifs is 1. The Labute approximate surface area is 159 Å². The van der Waals surface area contributed by atoms with Crippen LogP contribution in [0.5, 0.6) is 17.2 Å². The fourth-order valence-electron chi connectivity index (χ4n) is 2.82. The van der Waals surface area contributed by atoms with E-state index in [1.165, 1.54) is 0 Å². The number of ether oxygens (including phenoxy) is 3. The molecule has 1 aliphatic rings. The van der Waals surface area contributed by atoms with Gasteiger partial charge < -0.3 is 24.4 Å². The third-order valence-corrected chi connectivity index (χ3v) is 4.47. The van der Waals surface area contributed by atoms with Crippen molar-refractivity contribution < 1.29 is 14.2 Å². The Morgan fingerprint density at radius 3 is 2.62 bits per heavy atom. The van der Waals surface area contributed by atoms with E-state index in [-0.39, 0.29) is 6.10 Å². The summed E-state index contributed by atoms with van der Waals surface area (Å²) in [4.78, 5) is 2.13. The molecule has 3 rings (SSSR count). The van der Waals surface area contributed by atoms with E-state index >= 15 is 0 Å². The molecule has 138 valence electrons. The first kappa shape index (κ1) is 18.3. The number of hydrogen-bond acceptors (Lipinski definition) is 4. The summed E-state index contributed by atoms with van der Waals surface area (Å²) in [5.41, 5.74) is 0.933. The minimum absolute atomic E-state index is 0.0629. The molecule has 6 heteroatoms. The monoisotopic (exact) mass is 372 g/mol. The average Bonchev–Trinajstić information content (AvgIpc) is 2.68. The summed E-state index contributed by atoms with van der Waals surface area (Å²) in [5, 5.41) is 3.97. The van der Waals surface area contributed by atoms with Crippen LogP contribution in [0, 0.1) is 0 Å². The van der Waals surface area contributed by atoms with Crippen LogP contribution in [0.2, 0.25) is 0 Å². The van der Waals surface area contributed by atoms with Gasteiger partial charge in [0, 0.05) is 12.2 Å². The van der Waals surface area contributed by atoms with Gasteiger partial charge in [-0.15, -0.1) is 0 Å². The smallest absolute Gasteiger partial charge is 0.173 e. The molecule has 2 aromatic carbocycles. The van der Waals surface area contributed by atoms with Crippen LogP contribution >= 0.6 is 12.2 Å². The SMILES string of the molecule is CCCN(C[C@@H]1COc2ccccc2O1)C(=S)Nc1ccc(OC)cc1. The number of anilines is 1. The summed E-state index contributed by atoms with van der Waals surface area (Å²) in [6.07, 6.45) is 0.932. The van der Waals surface area contributed by atoms with Gasteiger partial charge in [-0.05, 0) is 55.0 Å². The molecular weight excluding hydrogens is 348 g/mol. The van der Waals surface area contributed by atoms with Crippen LogP contribution in [0.1, 0.15) is 13.3 Å². The lowest BCUT2D eigenvalue weighted by atomic mass is 10.2. The molecule has 0 radical (unpaired) electrons. The molecule has 1 N–H and O–H groups in total. The standard InChI is InChI=1S/C20H24N2O3S/c1-3-12-22(20(26)21-15-8-10-16(23-2)11-9-15)13-17-14-24-18-6-4-5-7-19(18)25-17/h4-11,17H,3,12-14H2,1-2H3,(H,21,26)/t17-/m1/s1. The van der Waals surface area contributed by atoms with Gasteiger partial charge in [0.25, 0.3) is 0 Å². The van der Waals surface area contributed by atoms with E-state index in [0.717, 1.165) is 35.9 Å². The zero-order chi connectivity index (χ0) is 18.4. The molecule has 0 spiro atoms. The predicted molar refractivity (Wildman–Crippen MR) is 107 cm³/mol. The Balaban J connectivity index is 1.62. The average molecular weight is 372 g/mol. The van der Waals surface area contributed by atoms with Gasteiger partial charge in [-0.3, -0.25) is 0 Å². The van der Waals surface area contributed by atoms with Crippen molar-refractivity contribution in [3.05, 3.63) is 48.5 Å². The highest BCUT2D eigenvalue weighted by atomic mass is 32.1. The Hall–Kier alpha value is -2.47. The summed E-state index contributed by atoms with van der Waals surface area (Å²) < 4.78 is 17.1. The van der Waals surface area contributed by atoms with Crippen molar-refractivity contribution in [2.45, 2.75) is 19.4 Å². The lowest BCUT2D eigenvalue weighted by Gasteiger charge is -2.32. The van der Waals surface area contributed by atoms with E-state index in [2.05, 4.69) is 17.1 Å². The van der Waals surface area contributed by atoms with Crippen molar-refractivity contribution >= 4 is 23.0 Å². The van der Waals surface area contributed by atoms with Crippen molar-refractivity contribution in [1.29, 1.82) is 0 Å². The van der Waals surface area contributed by atoms with Crippen LogP contribution in [-0.4, -0.2) is 42.9 Å². The van der Waals surface area contributed by atoms with E-state index < -0.39 is 0 Å². The van der Waals surface area contributed by atoms with Crippen molar-refractivity contribution in [2.24, 2.45) is 0 Å². The minimum Gasteiger partial charge on any atom is -0.497 e. The second kappa shape index (κ2) is 8.76. The number of nitrogens with zero attached hydrogens (tertiary/aromatic N) is 1. The maximum absolute atomic E-state index is 6.07. The summed E-state index contributed by atoms with van der Waals surface area (Å²) in [7, 11) is 1.65. The summed E-state index contributed by atoms with van der Waals surface area (Å²) in [6, 6.07) is 15.5. The number of benzene rings is 2.